The van der Waals surface area contributed by atoms with Crippen molar-refractivity contribution in [3.05, 3.63) is 29.8 Å². The largest absolute Gasteiger partial charge is 0.491 e. The fourth-order valence-electron chi connectivity index (χ4n) is 3.50. The number of hydrogen-bond acceptors (Lipinski definition) is 4. The summed E-state index contributed by atoms with van der Waals surface area (Å²) in [5.74, 6) is -0.502. The molecule has 1 aromatic rings. The second-order valence-electron chi connectivity index (χ2n) is 5.95. The smallest absolute Gasteiger partial charge is 0.339 e. The second kappa shape index (κ2) is 7.11. The molecular weight excluding hydrogens is 282 g/mol. The first kappa shape index (κ1) is 15.3. The second-order valence-corrected chi connectivity index (χ2v) is 5.95. The van der Waals surface area contributed by atoms with Crippen LogP contribution in [-0.2, 0) is 4.74 Å². The molecule has 5 heteroatoms. The third-order valence-electron chi connectivity index (χ3n) is 4.60. The Balaban J connectivity index is 1.55. The summed E-state index contributed by atoms with van der Waals surface area (Å²) < 4.78 is 11.6. The summed E-state index contributed by atoms with van der Waals surface area (Å²) in [6.45, 7) is 3.05. The number of para-hydroxylation sites is 1. The lowest BCUT2D eigenvalue weighted by atomic mass is 9.90. The summed E-state index contributed by atoms with van der Waals surface area (Å²) in [5, 5.41) is 9.16. The van der Waals surface area contributed by atoms with Crippen LogP contribution < -0.4 is 4.74 Å². The Morgan fingerprint density at radius 1 is 1.32 bits per heavy atom. The third kappa shape index (κ3) is 3.42. The quantitative estimate of drug-likeness (QED) is 0.905. The van der Waals surface area contributed by atoms with Gasteiger partial charge in [-0.05, 0) is 25.0 Å². The van der Waals surface area contributed by atoms with Gasteiger partial charge in [-0.15, -0.1) is 0 Å². The molecule has 2 aliphatic rings. The van der Waals surface area contributed by atoms with E-state index in [-0.39, 0.29) is 5.56 Å². The van der Waals surface area contributed by atoms with Crippen LogP contribution >= 0.6 is 0 Å². The van der Waals surface area contributed by atoms with Gasteiger partial charge in [0.1, 0.15) is 17.9 Å². The minimum atomic E-state index is -0.950. The van der Waals surface area contributed by atoms with Crippen molar-refractivity contribution in [3.8, 4) is 5.75 Å². The monoisotopic (exact) mass is 305 g/mol. The van der Waals surface area contributed by atoms with Gasteiger partial charge in [-0.2, -0.15) is 0 Å². The highest BCUT2D eigenvalue weighted by Gasteiger charge is 2.33. The van der Waals surface area contributed by atoms with Crippen molar-refractivity contribution in [1.29, 1.82) is 0 Å². The van der Waals surface area contributed by atoms with Gasteiger partial charge in [-0.1, -0.05) is 25.0 Å². The molecule has 5 nitrogen and oxygen atoms in total. The number of hydrogen-bond donors (Lipinski definition) is 1. The van der Waals surface area contributed by atoms with Gasteiger partial charge >= 0.3 is 5.97 Å². The first-order valence-electron chi connectivity index (χ1n) is 8.06. The molecule has 1 saturated heterocycles. The van der Waals surface area contributed by atoms with E-state index in [0.29, 0.717) is 24.5 Å². The van der Waals surface area contributed by atoms with Gasteiger partial charge in [-0.3, -0.25) is 4.90 Å². The van der Waals surface area contributed by atoms with Crippen LogP contribution in [0.1, 0.15) is 36.0 Å². The third-order valence-corrected chi connectivity index (χ3v) is 4.60. The van der Waals surface area contributed by atoms with Gasteiger partial charge in [0.15, 0.2) is 0 Å². The number of aromatic carboxylic acids is 1. The highest BCUT2D eigenvalue weighted by Crippen LogP contribution is 2.28. The number of benzene rings is 1. The van der Waals surface area contributed by atoms with E-state index in [1.54, 1.807) is 24.3 Å². The molecule has 2 atom stereocenters. The molecule has 0 spiro atoms. The Hall–Kier alpha value is -1.59. The van der Waals surface area contributed by atoms with Gasteiger partial charge < -0.3 is 14.6 Å². The van der Waals surface area contributed by atoms with Crippen molar-refractivity contribution in [2.45, 2.75) is 37.8 Å². The maximum atomic E-state index is 11.2. The lowest BCUT2D eigenvalue weighted by Crippen LogP contribution is -2.53. The maximum Gasteiger partial charge on any atom is 0.339 e. The molecule has 1 aliphatic heterocycles. The van der Waals surface area contributed by atoms with E-state index in [1.165, 1.54) is 19.3 Å². The Bertz CT molecular complexity index is 517. The van der Waals surface area contributed by atoms with Crippen LogP contribution in [0.25, 0.3) is 0 Å². The van der Waals surface area contributed by atoms with E-state index in [1.807, 2.05) is 0 Å². The predicted octanol–water partition coefficient (Wildman–Crippen LogP) is 2.41. The van der Waals surface area contributed by atoms with Crippen molar-refractivity contribution in [3.63, 3.8) is 0 Å². The van der Waals surface area contributed by atoms with E-state index in [0.717, 1.165) is 26.1 Å². The molecule has 3 rings (SSSR count). The Kier molecular flexibility index (Phi) is 4.95. The summed E-state index contributed by atoms with van der Waals surface area (Å²) in [6, 6.07) is 7.30. The molecule has 120 valence electrons. The minimum Gasteiger partial charge on any atom is -0.491 e. The van der Waals surface area contributed by atoms with Gasteiger partial charge in [-0.25, -0.2) is 4.79 Å². The van der Waals surface area contributed by atoms with E-state index >= 15 is 0 Å². The number of carbonyl (C=O) groups is 1. The zero-order valence-electron chi connectivity index (χ0n) is 12.7. The van der Waals surface area contributed by atoms with Crippen molar-refractivity contribution in [2.24, 2.45) is 0 Å². The molecule has 0 amide bonds. The molecule has 1 heterocycles. The normalized spacial score (nSPS) is 25.5. The van der Waals surface area contributed by atoms with Crippen LogP contribution in [-0.4, -0.2) is 54.4 Å². The first-order valence-corrected chi connectivity index (χ1v) is 8.06. The van der Waals surface area contributed by atoms with Gasteiger partial charge in [0.2, 0.25) is 0 Å². The molecule has 1 aliphatic carbocycles. The van der Waals surface area contributed by atoms with E-state index in [2.05, 4.69) is 4.90 Å². The topological polar surface area (TPSA) is 59.0 Å². The Morgan fingerprint density at radius 3 is 3.00 bits per heavy atom. The van der Waals surface area contributed by atoms with E-state index < -0.39 is 5.97 Å². The fourth-order valence-corrected chi connectivity index (χ4v) is 3.50. The predicted molar refractivity (Wildman–Crippen MR) is 82.5 cm³/mol. The number of nitrogens with zero attached hydrogens (tertiary/aromatic N) is 1. The summed E-state index contributed by atoms with van der Waals surface area (Å²) >= 11 is 0. The molecule has 1 aromatic carbocycles. The Labute approximate surface area is 130 Å². The van der Waals surface area contributed by atoms with Crippen LogP contribution in [0.4, 0.5) is 0 Å². The van der Waals surface area contributed by atoms with E-state index in [4.69, 9.17) is 14.6 Å². The number of ether oxygens (including phenoxy) is 2. The number of carboxylic acid groups (broad SMARTS) is 1. The van der Waals surface area contributed by atoms with Crippen LogP contribution in [0.15, 0.2) is 24.3 Å². The minimum absolute atomic E-state index is 0.222. The molecule has 1 saturated carbocycles. The van der Waals surface area contributed by atoms with Crippen molar-refractivity contribution >= 4 is 5.97 Å². The zero-order valence-corrected chi connectivity index (χ0v) is 12.7. The number of rotatable bonds is 5. The van der Waals surface area contributed by atoms with Crippen LogP contribution in [0, 0.1) is 0 Å². The molecule has 0 radical (unpaired) electrons. The summed E-state index contributed by atoms with van der Waals surface area (Å²) in [6.07, 6.45) is 5.25. The average Bonchev–Trinajstić information content (AvgIpc) is 2.55. The molecular formula is C17H23NO4. The summed E-state index contributed by atoms with van der Waals surface area (Å²) in [4.78, 5) is 13.6. The van der Waals surface area contributed by atoms with E-state index in [9.17, 15) is 4.79 Å². The van der Waals surface area contributed by atoms with Gasteiger partial charge in [0, 0.05) is 19.1 Å². The lowest BCUT2D eigenvalue weighted by Gasteiger charge is -2.43. The van der Waals surface area contributed by atoms with Gasteiger partial charge in [0.05, 0.1) is 12.7 Å². The summed E-state index contributed by atoms with van der Waals surface area (Å²) in [5.41, 5.74) is 0.222. The highest BCUT2D eigenvalue weighted by molar-refractivity contribution is 5.90. The maximum absolute atomic E-state index is 11.2. The van der Waals surface area contributed by atoms with Crippen LogP contribution in [0.2, 0.25) is 0 Å². The first-order chi connectivity index (χ1) is 10.8. The number of morpholine rings is 1. The van der Waals surface area contributed by atoms with Crippen molar-refractivity contribution in [2.75, 3.05) is 26.3 Å². The lowest BCUT2D eigenvalue weighted by molar-refractivity contribution is -0.0901. The zero-order chi connectivity index (χ0) is 15.4. The van der Waals surface area contributed by atoms with Crippen molar-refractivity contribution in [1.82, 2.24) is 4.90 Å². The van der Waals surface area contributed by atoms with Gasteiger partial charge in [0.25, 0.3) is 0 Å². The van der Waals surface area contributed by atoms with Crippen molar-refractivity contribution < 1.29 is 19.4 Å². The number of carboxylic acids is 1. The summed E-state index contributed by atoms with van der Waals surface area (Å²) in [7, 11) is 0. The standard InChI is InChI=1S/C17H23NO4/c19-17(20)13-5-1-3-7-15(13)21-11-9-18-10-12-22-16-8-4-2-6-14(16)18/h1,3,5,7,14,16H,2,4,6,8-12H2,(H,19,20)/t14-,16+/m0/s1. The molecule has 0 unspecified atom stereocenters. The molecule has 0 bridgehead atoms. The van der Waals surface area contributed by atoms with Crippen LogP contribution in [0.5, 0.6) is 5.75 Å². The molecule has 0 aromatic heterocycles. The van der Waals surface area contributed by atoms with Crippen LogP contribution in [0.3, 0.4) is 0 Å². The number of fused-ring (bicyclic) bond motifs is 1. The fraction of sp³-hybridized carbons (Fsp3) is 0.588. The molecule has 2 fully saturated rings. The molecule has 1 N–H and O–H groups in total. The molecule has 22 heavy (non-hydrogen) atoms. The SMILES string of the molecule is O=C(O)c1ccccc1OCCN1CCO[C@@H]2CCCC[C@@H]21. The highest BCUT2D eigenvalue weighted by atomic mass is 16.5. The Morgan fingerprint density at radius 2 is 2.14 bits per heavy atom. The average molecular weight is 305 g/mol.